The number of carbonyl (C=O) groups excluding carboxylic acids is 2. The number of aliphatic carboxylic acids is 1. The number of benzene rings is 1. The van der Waals surface area contributed by atoms with Gasteiger partial charge in [0.15, 0.2) is 11.5 Å². The highest BCUT2D eigenvalue weighted by Crippen LogP contribution is 2.43. The zero-order valence-corrected chi connectivity index (χ0v) is 26.5. The number of carboxylic acid groups (broad SMARTS) is 1. The van der Waals surface area contributed by atoms with Gasteiger partial charge < -0.3 is 29.4 Å². The second-order valence-electron chi connectivity index (χ2n) is 13.2. The standard InChI is InChI=1S/C29H44BN7O7/c1-26(2,3)42-25(41)33-17-22(38)34-24(31)37-18-20(14-11-15-30-43-27(4,5)28(6,7)44-30)29(23(39)40,35-36-32)21(37)16-19-12-9-8-10-13-19/h8-10,12-13,20-21H,11,14-18H2,1-7H3,(H,33,41)(H,39,40)(H2,31,34,38). The van der Waals surface area contributed by atoms with Crippen molar-refractivity contribution in [1.82, 2.24) is 15.5 Å². The van der Waals surface area contributed by atoms with Crippen LogP contribution in [-0.2, 0) is 30.1 Å². The van der Waals surface area contributed by atoms with Gasteiger partial charge in [-0.25, -0.2) is 4.79 Å². The summed E-state index contributed by atoms with van der Waals surface area (Å²) in [6.45, 7) is 12.4. The molecule has 4 N–H and O–H groups in total. The number of amides is 2. The van der Waals surface area contributed by atoms with Crippen LogP contribution in [0.3, 0.4) is 0 Å². The molecule has 15 heteroatoms. The van der Waals surface area contributed by atoms with E-state index in [1.54, 1.807) is 20.8 Å². The van der Waals surface area contributed by atoms with Gasteiger partial charge in [-0.15, -0.1) is 0 Å². The van der Waals surface area contributed by atoms with Crippen molar-refractivity contribution in [1.29, 1.82) is 5.41 Å². The minimum absolute atomic E-state index is 0.0325. The Morgan fingerprint density at radius 2 is 1.80 bits per heavy atom. The van der Waals surface area contributed by atoms with E-state index in [0.717, 1.165) is 5.56 Å². The van der Waals surface area contributed by atoms with Gasteiger partial charge >= 0.3 is 19.2 Å². The summed E-state index contributed by atoms with van der Waals surface area (Å²) in [7, 11) is -0.480. The van der Waals surface area contributed by atoms with Gasteiger partial charge in [-0.2, -0.15) is 0 Å². The van der Waals surface area contributed by atoms with E-state index in [1.165, 1.54) is 4.90 Å². The highest BCUT2D eigenvalue weighted by molar-refractivity contribution is 6.45. The second-order valence-corrected chi connectivity index (χ2v) is 13.2. The summed E-state index contributed by atoms with van der Waals surface area (Å²) in [6.07, 6.45) is 0.663. The Morgan fingerprint density at radius 3 is 2.34 bits per heavy atom. The maximum absolute atomic E-state index is 13.0. The molecule has 2 fully saturated rings. The maximum Gasteiger partial charge on any atom is 0.457 e. The Bertz CT molecular complexity index is 1260. The van der Waals surface area contributed by atoms with E-state index in [9.17, 15) is 25.0 Å². The number of carbonyl (C=O) groups is 3. The van der Waals surface area contributed by atoms with E-state index in [4.69, 9.17) is 19.5 Å². The van der Waals surface area contributed by atoms with Crippen molar-refractivity contribution in [3.05, 3.63) is 46.3 Å². The molecule has 2 heterocycles. The molecule has 0 saturated carbocycles. The lowest BCUT2D eigenvalue weighted by atomic mass is 9.75. The maximum atomic E-state index is 13.0. The first-order chi connectivity index (χ1) is 20.4. The average molecular weight is 614 g/mol. The molecule has 14 nitrogen and oxygen atoms in total. The van der Waals surface area contributed by atoms with Gasteiger partial charge in [0.25, 0.3) is 0 Å². The molecule has 0 bridgehead atoms. The number of alkyl carbamates (subject to hydrolysis) is 1. The normalized spacial score (nSPS) is 23.9. The lowest BCUT2D eigenvalue weighted by Gasteiger charge is -2.34. The molecule has 2 aliphatic rings. The molecule has 240 valence electrons. The minimum Gasteiger partial charge on any atom is -0.481 e. The fourth-order valence-electron chi connectivity index (χ4n) is 5.59. The van der Waals surface area contributed by atoms with E-state index < -0.39 is 65.9 Å². The number of azide groups is 1. The highest BCUT2D eigenvalue weighted by Gasteiger charge is 2.60. The minimum atomic E-state index is -1.94. The van der Waals surface area contributed by atoms with Gasteiger partial charge in [-0.1, -0.05) is 41.9 Å². The number of rotatable bonds is 10. The van der Waals surface area contributed by atoms with Crippen LogP contribution >= 0.6 is 0 Å². The van der Waals surface area contributed by atoms with Crippen LogP contribution in [0.15, 0.2) is 35.4 Å². The van der Waals surface area contributed by atoms with E-state index in [0.29, 0.717) is 19.2 Å². The molecule has 2 aliphatic heterocycles. The van der Waals surface area contributed by atoms with Crippen LogP contribution in [0.4, 0.5) is 4.79 Å². The topological polar surface area (TPSA) is 199 Å². The van der Waals surface area contributed by atoms with Crippen molar-refractivity contribution < 1.29 is 33.5 Å². The lowest BCUT2D eigenvalue weighted by Crippen LogP contribution is -2.56. The van der Waals surface area contributed by atoms with Crippen molar-refractivity contribution in [2.24, 2.45) is 11.0 Å². The number of guanidine groups is 1. The van der Waals surface area contributed by atoms with E-state index in [2.05, 4.69) is 20.7 Å². The first-order valence-corrected chi connectivity index (χ1v) is 14.7. The zero-order chi connectivity index (χ0) is 32.9. The fourth-order valence-corrected chi connectivity index (χ4v) is 5.59. The molecular weight excluding hydrogens is 569 g/mol. The molecule has 2 saturated heterocycles. The molecular formula is C29H44BN7O7. The van der Waals surface area contributed by atoms with Crippen LogP contribution in [0.25, 0.3) is 10.4 Å². The summed E-state index contributed by atoms with van der Waals surface area (Å²) in [5.41, 5.74) is 6.64. The average Bonchev–Trinajstić information content (AvgIpc) is 3.31. The summed E-state index contributed by atoms with van der Waals surface area (Å²) in [4.78, 5) is 42.1. The van der Waals surface area contributed by atoms with Gasteiger partial charge in [0.05, 0.1) is 17.2 Å². The Morgan fingerprint density at radius 1 is 1.18 bits per heavy atom. The summed E-state index contributed by atoms with van der Waals surface area (Å²) >= 11 is 0. The smallest absolute Gasteiger partial charge is 0.457 e. The molecule has 0 aliphatic carbocycles. The predicted molar refractivity (Wildman–Crippen MR) is 164 cm³/mol. The molecule has 0 aromatic heterocycles. The van der Waals surface area contributed by atoms with Crippen molar-refractivity contribution in [2.45, 2.75) is 102 Å². The van der Waals surface area contributed by atoms with Gasteiger partial charge in [0.2, 0.25) is 5.91 Å². The first-order valence-electron chi connectivity index (χ1n) is 14.7. The Labute approximate surface area is 258 Å². The van der Waals surface area contributed by atoms with Crippen molar-refractivity contribution >= 4 is 31.0 Å². The number of hydrogen-bond acceptors (Lipinski definition) is 8. The molecule has 3 unspecified atom stereocenters. The fraction of sp³-hybridized carbons (Fsp3) is 0.655. The largest absolute Gasteiger partial charge is 0.481 e. The van der Waals surface area contributed by atoms with Crippen LogP contribution < -0.4 is 10.6 Å². The monoisotopic (exact) mass is 613 g/mol. The lowest BCUT2D eigenvalue weighted by molar-refractivity contribution is -0.145. The molecule has 3 atom stereocenters. The quantitative estimate of drug-likeness (QED) is 0.0754. The number of likely N-dealkylation sites (tertiary alicyclic amines) is 1. The third-order valence-corrected chi connectivity index (χ3v) is 8.38. The van der Waals surface area contributed by atoms with E-state index >= 15 is 0 Å². The summed E-state index contributed by atoms with van der Waals surface area (Å²) < 4.78 is 17.3. The van der Waals surface area contributed by atoms with E-state index in [-0.39, 0.29) is 18.9 Å². The summed E-state index contributed by atoms with van der Waals surface area (Å²) in [5, 5.41) is 28.1. The van der Waals surface area contributed by atoms with Gasteiger partial charge in [-0.3, -0.25) is 20.3 Å². The van der Waals surface area contributed by atoms with Crippen LogP contribution in [-0.4, -0.2) is 82.5 Å². The zero-order valence-electron chi connectivity index (χ0n) is 26.5. The van der Waals surface area contributed by atoms with Gasteiger partial charge in [0.1, 0.15) is 12.1 Å². The summed E-state index contributed by atoms with van der Waals surface area (Å²) in [6, 6.07) is 8.09. The molecule has 0 spiro atoms. The predicted octanol–water partition coefficient (Wildman–Crippen LogP) is 4.11. The number of nitrogens with one attached hydrogen (secondary N) is 3. The highest BCUT2D eigenvalue weighted by atomic mass is 16.7. The first kappa shape index (κ1) is 34.7. The number of ether oxygens (including phenoxy) is 1. The van der Waals surface area contributed by atoms with Crippen molar-refractivity contribution in [2.75, 3.05) is 13.1 Å². The van der Waals surface area contributed by atoms with Gasteiger partial charge in [-0.05, 0) is 78.7 Å². The van der Waals surface area contributed by atoms with Crippen LogP contribution in [0.5, 0.6) is 0 Å². The van der Waals surface area contributed by atoms with Crippen molar-refractivity contribution in [3.63, 3.8) is 0 Å². The molecule has 1 aromatic rings. The molecule has 44 heavy (non-hydrogen) atoms. The molecule has 1 aromatic carbocycles. The van der Waals surface area contributed by atoms with Gasteiger partial charge in [0, 0.05) is 17.4 Å². The Kier molecular flexibility index (Phi) is 10.6. The number of carboxylic acids is 1. The third kappa shape index (κ3) is 8.02. The molecule has 0 radical (unpaired) electrons. The molecule has 2 amide bonds. The molecule has 3 rings (SSSR count). The Hall–Kier alpha value is -3.81. The second kappa shape index (κ2) is 13.5. The van der Waals surface area contributed by atoms with Crippen molar-refractivity contribution in [3.8, 4) is 0 Å². The number of nitrogens with zero attached hydrogens (tertiary/aromatic N) is 4. The van der Waals surface area contributed by atoms with Crippen LogP contribution in [0.2, 0.25) is 6.32 Å². The number of hydrogen-bond donors (Lipinski definition) is 4. The van der Waals surface area contributed by atoms with Crippen LogP contribution in [0, 0.1) is 11.3 Å². The Balaban J connectivity index is 1.83. The van der Waals surface area contributed by atoms with Crippen LogP contribution in [0.1, 0.15) is 66.9 Å². The van der Waals surface area contributed by atoms with E-state index in [1.807, 2.05) is 58.0 Å². The summed E-state index contributed by atoms with van der Waals surface area (Å²) in [5.74, 6) is -3.09. The SMILES string of the molecule is CC(C)(C)OC(=O)NCC(=O)NC(=N)N1CC(CCCB2OC(C)(C)C(C)(C)O2)C(N=[N+]=[N-])(C(=O)O)C1Cc1ccccc1. The third-order valence-electron chi connectivity index (χ3n) is 8.38.